The average molecular weight is 322 g/mol. The van der Waals surface area contributed by atoms with Crippen LogP contribution in [-0.2, 0) is 11.4 Å². The summed E-state index contributed by atoms with van der Waals surface area (Å²) < 4.78 is 7.15. The van der Waals surface area contributed by atoms with Crippen molar-refractivity contribution in [1.82, 2.24) is 15.0 Å². The third-order valence-corrected chi connectivity index (χ3v) is 3.51. The third-order valence-electron chi connectivity index (χ3n) is 3.51. The number of anilines is 1. The van der Waals surface area contributed by atoms with Gasteiger partial charge in [-0.1, -0.05) is 41.6 Å². The zero-order valence-electron chi connectivity index (χ0n) is 13.3. The molecule has 0 fully saturated rings. The highest BCUT2D eigenvalue weighted by atomic mass is 16.5. The van der Waals surface area contributed by atoms with Gasteiger partial charge in [-0.2, -0.15) is 0 Å². The van der Waals surface area contributed by atoms with Crippen LogP contribution in [0.25, 0.3) is 0 Å². The van der Waals surface area contributed by atoms with E-state index in [1.54, 1.807) is 13.1 Å². The number of amides is 1. The van der Waals surface area contributed by atoms with Gasteiger partial charge < -0.3 is 10.1 Å². The van der Waals surface area contributed by atoms with Crippen molar-refractivity contribution in [2.24, 2.45) is 0 Å². The fourth-order valence-electron chi connectivity index (χ4n) is 2.13. The highest BCUT2D eigenvalue weighted by Gasteiger charge is 2.17. The van der Waals surface area contributed by atoms with Gasteiger partial charge in [-0.25, -0.2) is 4.68 Å². The van der Waals surface area contributed by atoms with Gasteiger partial charge in [0.2, 0.25) is 5.91 Å². The highest BCUT2D eigenvalue weighted by molar-refractivity contribution is 5.93. The molecular weight excluding hydrogens is 304 g/mol. The zero-order chi connectivity index (χ0) is 16.8. The Balaban J connectivity index is 1.59. The lowest BCUT2D eigenvalue weighted by Crippen LogP contribution is -2.24. The Labute approximate surface area is 140 Å². The molecule has 2 aromatic carbocycles. The molecule has 1 amide bonds. The lowest BCUT2D eigenvalue weighted by atomic mass is 10.2. The summed E-state index contributed by atoms with van der Waals surface area (Å²) in [7, 11) is 0. The number of nitrogens with one attached hydrogen (secondary N) is 1. The number of carbonyl (C=O) groups excluding carboxylic acids is 1. The average Bonchev–Trinajstić information content (AvgIpc) is 3.10. The van der Waals surface area contributed by atoms with Crippen molar-refractivity contribution >= 4 is 11.6 Å². The number of nitrogens with zero attached hydrogens (tertiary/aromatic N) is 3. The molecule has 1 heterocycles. The second-order valence-corrected chi connectivity index (χ2v) is 5.32. The monoisotopic (exact) mass is 322 g/mol. The molecule has 0 saturated heterocycles. The van der Waals surface area contributed by atoms with Crippen LogP contribution in [0, 0.1) is 0 Å². The van der Waals surface area contributed by atoms with Crippen molar-refractivity contribution in [1.29, 1.82) is 0 Å². The van der Waals surface area contributed by atoms with Crippen molar-refractivity contribution in [3.05, 3.63) is 72.6 Å². The molecule has 3 rings (SSSR count). The summed E-state index contributed by atoms with van der Waals surface area (Å²) in [6.07, 6.45) is 1.72. The topological polar surface area (TPSA) is 69.0 Å². The fraction of sp³-hybridized carbons (Fsp3) is 0.167. The summed E-state index contributed by atoms with van der Waals surface area (Å²) in [5, 5.41) is 10.9. The zero-order valence-corrected chi connectivity index (χ0v) is 13.3. The second-order valence-electron chi connectivity index (χ2n) is 5.32. The van der Waals surface area contributed by atoms with Crippen LogP contribution < -0.4 is 10.1 Å². The van der Waals surface area contributed by atoms with Crippen molar-refractivity contribution in [2.45, 2.75) is 19.6 Å². The molecule has 0 unspecified atom stereocenters. The molecule has 1 N–H and O–H groups in total. The van der Waals surface area contributed by atoms with E-state index in [4.69, 9.17) is 4.74 Å². The van der Waals surface area contributed by atoms with E-state index in [1.807, 2.05) is 60.7 Å². The summed E-state index contributed by atoms with van der Waals surface area (Å²) in [6, 6.07) is 18.3. The fourth-order valence-corrected chi connectivity index (χ4v) is 2.13. The van der Waals surface area contributed by atoms with Gasteiger partial charge in [0.25, 0.3) is 0 Å². The van der Waals surface area contributed by atoms with Gasteiger partial charge in [-0.15, -0.1) is 5.10 Å². The predicted octanol–water partition coefficient (Wildman–Crippen LogP) is 3.06. The Kier molecular flexibility index (Phi) is 4.86. The van der Waals surface area contributed by atoms with Crippen molar-refractivity contribution in [3.63, 3.8) is 0 Å². The molecule has 0 aliphatic rings. The first-order chi connectivity index (χ1) is 11.7. The normalized spacial score (nSPS) is 11.7. The first-order valence-electron chi connectivity index (χ1n) is 7.67. The molecule has 0 aliphatic carbocycles. The van der Waals surface area contributed by atoms with E-state index < -0.39 is 6.04 Å². The van der Waals surface area contributed by atoms with Gasteiger partial charge in [0.15, 0.2) is 0 Å². The molecule has 24 heavy (non-hydrogen) atoms. The Morgan fingerprint density at radius 3 is 2.50 bits per heavy atom. The molecule has 1 aromatic heterocycles. The van der Waals surface area contributed by atoms with E-state index in [0.717, 1.165) is 11.4 Å². The number of rotatable bonds is 6. The van der Waals surface area contributed by atoms with Crippen molar-refractivity contribution in [2.75, 3.05) is 5.32 Å². The van der Waals surface area contributed by atoms with Gasteiger partial charge >= 0.3 is 0 Å². The summed E-state index contributed by atoms with van der Waals surface area (Å²) in [5.41, 5.74) is 1.42. The van der Waals surface area contributed by atoms with Crippen LogP contribution in [0.2, 0.25) is 0 Å². The first-order valence-corrected chi connectivity index (χ1v) is 7.67. The second kappa shape index (κ2) is 7.41. The first kappa shape index (κ1) is 15.7. The standard InChI is InChI=1S/C18H18N4O2/c1-14(18(23)19-15-8-4-2-5-9-15)22-12-16(20-21-22)13-24-17-10-6-3-7-11-17/h2-12,14H,13H2,1H3,(H,19,23)/t14-/m0/s1. The number of para-hydroxylation sites is 2. The smallest absolute Gasteiger partial charge is 0.249 e. The predicted molar refractivity (Wildman–Crippen MR) is 90.6 cm³/mol. The molecule has 0 aliphatic heterocycles. The number of hydrogen-bond acceptors (Lipinski definition) is 4. The Morgan fingerprint density at radius 1 is 1.12 bits per heavy atom. The molecule has 6 nitrogen and oxygen atoms in total. The van der Waals surface area contributed by atoms with E-state index >= 15 is 0 Å². The van der Waals surface area contributed by atoms with Crippen LogP contribution in [0.1, 0.15) is 18.7 Å². The van der Waals surface area contributed by atoms with Gasteiger partial charge in [0.05, 0.1) is 6.20 Å². The van der Waals surface area contributed by atoms with Crippen LogP contribution in [0.15, 0.2) is 66.9 Å². The number of carbonyl (C=O) groups is 1. The summed E-state index contributed by atoms with van der Waals surface area (Å²) in [5.74, 6) is 0.614. The number of ether oxygens (including phenoxy) is 1. The van der Waals surface area contributed by atoms with Crippen LogP contribution in [0.5, 0.6) is 5.75 Å². The number of hydrogen-bond donors (Lipinski definition) is 1. The van der Waals surface area contributed by atoms with Crippen LogP contribution >= 0.6 is 0 Å². The highest BCUT2D eigenvalue weighted by Crippen LogP contribution is 2.13. The molecule has 0 radical (unpaired) electrons. The van der Waals surface area contributed by atoms with E-state index in [1.165, 1.54) is 4.68 Å². The van der Waals surface area contributed by atoms with E-state index in [9.17, 15) is 4.79 Å². The molecule has 6 heteroatoms. The third kappa shape index (κ3) is 3.98. The lowest BCUT2D eigenvalue weighted by molar-refractivity contribution is -0.119. The summed E-state index contributed by atoms with van der Waals surface area (Å²) in [6.45, 7) is 2.08. The molecule has 0 saturated carbocycles. The van der Waals surface area contributed by atoms with Crippen molar-refractivity contribution in [3.8, 4) is 5.75 Å². The maximum atomic E-state index is 12.3. The van der Waals surface area contributed by atoms with Gasteiger partial charge in [0, 0.05) is 5.69 Å². The Bertz CT molecular complexity index is 787. The Morgan fingerprint density at radius 2 is 1.79 bits per heavy atom. The molecular formula is C18H18N4O2. The molecule has 122 valence electrons. The molecule has 1 atom stereocenters. The van der Waals surface area contributed by atoms with Crippen LogP contribution in [0.3, 0.4) is 0 Å². The number of aromatic nitrogens is 3. The maximum Gasteiger partial charge on any atom is 0.249 e. The Hall–Kier alpha value is -3.15. The van der Waals surface area contributed by atoms with E-state index in [-0.39, 0.29) is 5.91 Å². The lowest BCUT2D eigenvalue weighted by Gasteiger charge is -2.11. The molecule has 3 aromatic rings. The SMILES string of the molecule is C[C@@H](C(=O)Nc1ccccc1)n1cc(COc2ccccc2)nn1. The van der Waals surface area contributed by atoms with Gasteiger partial charge in [-0.05, 0) is 31.2 Å². The number of benzene rings is 2. The van der Waals surface area contributed by atoms with E-state index in [0.29, 0.717) is 12.3 Å². The quantitative estimate of drug-likeness (QED) is 0.757. The minimum absolute atomic E-state index is 0.151. The van der Waals surface area contributed by atoms with E-state index in [2.05, 4.69) is 15.6 Å². The largest absolute Gasteiger partial charge is 0.487 e. The molecule has 0 bridgehead atoms. The minimum atomic E-state index is -0.469. The summed E-state index contributed by atoms with van der Waals surface area (Å²) >= 11 is 0. The van der Waals surface area contributed by atoms with Crippen molar-refractivity contribution < 1.29 is 9.53 Å². The van der Waals surface area contributed by atoms with Crippen LogP contribution in [0.4, 0.5) is 5.69 Å². The maximum absolute atomic E-state index is 12.3. The molecule has 0 spiro atoms. The minimum Gasteiger partial charge on any atom is -0.487 e. The summed E-state index contributed by atoms with van der Waals surface area (Å²) in [4.78, 5) is 12.3. The van der Waals surface area contributed by atoms with Gasteiger partial charge in [-0.3, -0.25) is 4.79 Å². The van der Waals surface area contributed by atoms with Crippen LogP contribution in [-0.4, -0.2) is 20.9 Å². The van der Waals surface area contributed by atoms with Gasteiger partial charge in [0.1, 0.15) is 24.1 Å².